The molecule has 0 aliphatic heterocycles. The highest BCUT2D eigenvalue weighted by molar-refractivity contribution is 5.99. The van der Waals surface area contributed by atoms with Crippen molar-refractivity contribution >= 4 is 23.5 Å². The van der Waals surface area contributed by atoms with E-state index < -0.39 is 17.4 Å². The van der Waals surface area contributed by atoms with Crippen LogP contribution >= 0.6 is 0 Å². The molecule has 0 aliphatic carbocycles. The van der Waals surface area contributed by atoms with Gasteiger partial charge in [0, 0.05) is 17.6 Å². The molecule has 22 heavy (non-hydrogen) atoms. The van der Waals surface area contributed by atoms with Gasteiger partial charge in [0.05, 0.1) is 12.1 Å². The molecule has 1 rings (SSSR count). The van der Waals surface area contributed by atoms with Crippen molar-refractivity contribution in [3.05, 3.63) is 29.8 Å². The van der Waals surface area contributed by atoms with Crippen LogP contribution < -0.4 is 16.4 Å². The number of carboxylic acid groups (broad SMARTS) is 1. The molecule has 1 aromatic carbocycles. The predicted octanol–water partition coefficient (Wildman–Crippen LogP) is 0.957. The van der Waals surface area contributed by atoms with Gasteiger partial charge in [-0.1, -0.05) is 12.1 Å². The molecule has 0 spiro atoms. The average Bonchev–Trinajstić information content (AvgIpc) is 2.43. The lowest BCUT2D eigenvalue weighted by Gasteiger charge is -2.25. The number of rotatable bonds is 8. The number of nitrogens with two attached hydrogens (primary N) is 1. The van der Waals surface area contributed by atoms with E-state index in [1.54, 1.807) is 38.1 Å². The molecule has 0 radical (unpaired) electrons. The largest absolute Gasteiger partial charge is 0.481 e. The average molecular weight is 307 g/mol. The maximum atomic E-state index is 11.9. The van der Waals surface area contributed by atoms with Gasteiger partial charge in [-0.25, -0.2) is 0 Å². The Labute approximate surface area is 128 Å². The molecule has 7 nitrogen and oxygen atoms in total. The molecule has 0 bridgehead atoms. The number of hydrogen-bond donors (Lipinski definition) is 4. The van der Waals surface area contributed by atoms with Crippen LogP contribution in [0.4, 0.5) is 5.69 Å². The molecule has 0 unspecified atom stereocenters. The van der Waals surface area contributed by atoms with Crippen molar-refractivity contribution in [2.75, 3.05) is 11.9 Å². The number of amides is 2. The summed E-state index contributed by atoms with van der Waals surface area (Å²) in [6.07, 6.45) is 0.303. The molecule has 0 fully saturated rings. The van der Waals surface area contributed by atoms with Crippen LogP contribution in [0.2, 0.25) is 0 Å². The molecule has 5 N–H and O–H groups in total. The Morgan fingerprint density at radius 3 is 2.45 bits per heavy atom. The number of carbonyl (C=O) groups is 3. The van der Waals surface area contributed by atoms with E-state index >= 15 is 0 Å². The fourth-order valence-electron chi connectivity index (χ4n) is 1.93. The van der Waals surface area contributed by atoms with Gasteiger partial charge in [-0.05, 0) is 32.4 Å². The monoisotopic (exact) mass is 307 g/mol. The minimum atomic E-state index is -0.907. The van der Waals surface area contributed by atoms with Gasteiger partial charge in [0.1, 0.15) is 0 Å². The minimum Gasteiger partial charge on any atom is -0.481 e. The third-order valence-corrected chi connectivity index (χ3v) is 3.07. The van der Waals surface area contributed by atoms with Gasteiger partial charge >= 0.3 is 5.97 Å². The van der Waals surface area contributed by atoms with Crippen molar-refractivity contribution in [1.82, 2.24) is 5.32 Å². The molecule has 1 aromatic rings. The van der Waals surface area contributed by atoms with E-state index in [-0.39, 0.29) is 18.9 Å². The Balaban J connectivity index is 2.56. The van der Waals surface area contributed by atoms with Gasteiger partial charge < -0.3 is 21.5 Å². The van der Waals surface area contributed by atoms with Crippen molar-refractivity contribution < 1.29 is 19.5 Å². The van der Waals surface area contributed by atoms with Crippen LogP contribution in [-0.4, -0.2) is 35.0 Å². The van der Waals surface area contributed by atoms with Crippen molar-refractivity contribution in [2.24, 2.45) is 5.73 Å². The Morgan fingerprint density at radius 1 is 1.23 bits per heavy atom. The Bertz CT molecular complexity index is 570. The summed E-state index contributed by atoms with van der Waals surface area (Å²) in [5.74, 6) is -1.78. The van der Waals surface area contributed by atoms with E-state index in [4.69, 9.17) is 10.8 Å². The molecule has 0 heterocycles. The predicted molar refractivity (Wildman–Crippen MR) is 82.5 cm³/mol. The van der Waals surface area contributed by atoms with E-state index in [0.29, 0.717) is 17.7 Å². The molecule has 2 amide bonds. The number of anilines is 1. The maximum Gasteiger partial charge on any atom is 0.303 e. The fourth-order valence-corrected chi connectivity index (χ4v) is 1.93. The summed E-state index contributed by atoms with van der Waals surface area (Å²) in [5.41, 5.74) is 5.42. The highest BCUT2D eigenvalue weighted by Gasteiger charge is 2.21. The van der Waals surface area contributed by atoms with Crippen molar-refractivity contribution in [2.45, 2.75) is 32.2 Å². The number of benzene rings is 1. The van der Waals surface area contributed by atoms with Crippen molar-refractivity contribution in [3.63, 3.8) is 0 Å². The maximum absolute atomic E-state index is 11.9. The molecular weight excluding hydrogens is 286 g/mol. The van der Waals surface area contributed by atoms with Gasteiger partial charge in [-0.2, -0.15) is 0 Å². The first kappa shape index (κ1) is 17.5. The molecule has 120 valence electrons. The van der Waals surface area contributed by atoms with Gasteiger partial charge in [-0.15, -0.1) is 0 Å². The summed E-state index contributed by atoms with van der Waals surface area (Å²) < 4.78 is 0. The van der Waals surface area contributed by atoms with E-state index in [1.165, 1.54) is 0 Å². The third-order valence-electron chi connectivity index (χ3n) is 3.07. The summed E-state index contributed by atoms with van der Waals surface area (Å²) in [7, 11) is 0. The van der Waals surface area contributed by atoms with E-state index in [9.17, 15) is 14.4 Å². The highest BCUT2D eigenvalue weighted by Crippen LogP contribution is 2.14. The zero-order chi connectivity index (χ0) is 16.8. The lowest BCUT2D eigenvalue weighted by atomic mass is 9.98. The second kappa shape index (κ2) is 7.44. The summed E-state index contributed by atoms with van der Waals surface area (Å²) in [6, 6.07) is 6.63. The molecule has 0 saturated carbocycles. The van der Waals surface area contributed by atoms with Crippen LogP contribution in [0.3, 0.4) is 0 Å². The minimum absolute atomic E-state index is 0.0226. The van der Waals surface area contributed by atoms with Gasteiger partial charge in [-0.3, -0.25) is 14.4 Å². The third kappa shape index (κ3) is 5.82. The topological polar surface area (TPSA) is 122 Å². The van der Waals surface area contributed by atoms with Crippen LogP contribution in [0.1, 0.15) is 37.0 Å². The van der Waals surface area contributed by atoms with E-state index in [1.807, 2.05) is 0 Å². The second-order valence-corrected chi connectivity index (χ2v) is 5.59. The quantitative estimate of drug-likeness (QED) is 0.570. The van der Waals surface area contributed by atoms with Crippen LogP contribution in [0, 0.1) is 0 Å². The van der Waals surface area contributed by atoms with E-state index in [2.05, 4.69) is 10.6 Å². The fraction of sp³-hybridized carbons (Fsp3) is 0.400. The number of nitrogens with one attached hydrogen (secondary N) is 2. The van der Waals surface area contributed by atoms with Crippen molar-refractivity contribution in [3.8, 4) is 0 Å². The van der Waals surface area contributed by atoms with Crippen LogP contribution in [-0.2, 0) is 9.59 Å². The number of para-hydroxylation sites is 1. The Morgan fingerprint density at radius 2 is 1.86 bits per heavy atom. The smallest absolute Gasteiger partial charge is 0.303 e. The lowest BCUT2D eigenvalue weighted by Crippen LogP contribution is -2.46. The van der Waals surface area contributed by atoms with Crippen molar-refractivity contribution in [1.29, 1.82) is 0 Å². The first-order valence-electron chi connectivity index (χ1n) is 6.87. The first-order chi connectivity index (χ1) is 10.2. The zero-order valence-corrected chi connectivity index (χ0v) is 12.7. The zero-order valence-electron chi connectivity index (χ0n) is 12.7. The molecule has 0 aromatic heterocycles. The van der Waals surface area contributed by atoms with E-state index in [0.717, 1.165) is 0 Å². The summed E-state index contributed by atoms with van der Waals surface area (Å²) >= 11 is 0. The number of carbonyl (C=O) groups excluding carboxylic acids is 2. The molecule has 7 heteroatoms. The van der Waals surface area contributed by atoms with Gasteiger partial charge in [0.25, 0.3) is 5.91 Å². The summed E-state index contributed by atoms with van der Waals surface area (Å²) in [5, 5.41) is 14.3. The normalized spacial score (nSPS) is 10.8. The van der Waals surface area contributed by atoms with Crippen LogP contribution in [0.5, 0.6) is 0 Å². The Kier molecular flexibility index (Phi) is 5.91. The summed E-state index contributed by atoms with van der Waals surface area (Å²) in [4.78, 5) is 33.8. The second-order valence-electron chi connectivity index (χ2n) is 5.59. The standard InChI is InChI=1S/C15H21N3O4/c1-15(2,8-7-13(20)21)18-12(19)9-17-11-6-4-3-5-10(11)14(16)22/h3-6,17H,7-9H2,1-2H3,(H2,16,22)(H,18,19)(H,20,21). The van der Waals surface area contributed by atoms with Crippen LogP contribution in [0.25, 0.3) is 0 Å². The molecular formula is C15H21N3O4. The van der Waals surface area contributed by atoms with Crippen LogP contribution in [0.15, 0.2) is 24.3 Å². The Hall–Kier alpha value is -2.57. The number of primary amides is 1. The molecule has 0 aliphatic rings. The van der Waals surface area contributed by atoms with Gasteiger partial charge in [0.15, 0.2) is 0 Å². The van der Waals surface area contributed by atoms with Gasteiger partial charge in [0.2, 0.25) is 5.91 Å². The highest BCUT2D eigenvalue weighted by atomic mass is 16.4. The molecule has 0 atom stereocenters. The number of hydrogen-bond acceptors (Lipinski definition) is 4. The number of carboxylic acids is 1. The first-order valence-corrected chi connectivity index (χ1v) is 6.87. The molecule has 0 saturated heterocycles. The lowest BCUT2D eigenvalue weighted by molar-refractivity contribution is -0.137. The SMILES string of the molecule is CC(C)(CCC(=O)O)NC(=O)CNc1ccccc1C(N)=O. The number of aliphatic carboxylic acids is 1. The summed E-state index contributed by atoms with van der Waals surface area (Å²) in [6.45, 7) is 3.47.